The average molecular weight is 449 g/mol. The fraction of sp³-hybridized carbons (Fsp3) is 0.360. The quantitative estimate of drug-likeness (QED) is 0.595. The van der Waals surface area contributed by atoms with E-state index in [0.29, 0.717) is 42.7 Å². The number of ether oxygens (including phenoxy) is 2. The zero-order valence-electron chi connectivity index (χ0n) is 18.9. The maximum Gasteiger partial charge on any atom is 0.263 e. The van der Waals surface area contributed by atoms with Gasteiger partial charge in [-0.2, -0.15) is 0 Å². The highest BCUT2D eigenvalue weighted by atomic mass is 16.5. The second kappa shape index (κ2) is 10.3. The second-order valence-corrected chi connectivity index (χ2v) is 7.99. The summed E-state index contributed by atoms with van der Waals surface area (Å²) in [6.45, 7) is 5.46. The van der Waals surface area contributed by atoms with E-state index in [1.807, 2.05) is 42.2 Å². The molecule has 8 nitrogen and oxygen atoms in total. The van der Waals surface area contributed by atoms with Crippen LogP contribution in [-0.4, -0.2) is 51.6 Å². The number of hydrogen-bond acceptors (Lipinski definition) is 6. The van der Waals surface area contributed by atoms with Gasteiger partial charge in [-0.15, -0.1) is 0 Å². The Morgan fingerprint density at radius 2 is 1.85 bits per heavy atom. The van der Waals surface area contributed by atoms with Crippen molar-refractivity contribution in [2.75, 3.05) is 19.7 Å². The Morgan fingerprint density at radius 1 is 1.12 bits per heavy atom. The van der Waals surface area contributed by atoms with Crippen molar-refractivity contribution in [3.63, 3.8) is 0 Å². The number of amides is 1. The highest BCUT2D eigenvalue weighted by Crippen LogP contribution is 2.27. The molecule has 172 valence electrons. The topological polar surface area (TPSA) is 97.4 Å². The van der Waals surface area contributed by atoms with E-state index in [2.05, 4.69) is 15.0 Å². The predicted molar refractivity (Wildman–Crippen MR) is 124 cm³/mol. The van der Waals surface area contributed by atoms with Crippen molar-refractivity contribution in [1.82, 2.24) is 19.9 Å². The first kappa shape index (κ1) is 22.5. The molecule has 1 aliphatic rings. The van der Waals surface area contributed by atoms with Gasteiger partial charge in [-0.05, 0) is 63.1 Å². The molecule has 4 rings (SSSR count). The standard InChI is InChI=1S/C25H28N4O4/c1-3-32-19-7-9-20(10-8-19)33-17(2)25(31)29-14-11-18(12-15-29)24-27-22(16-23(30)28-24)21-6-4-5-13-26-21/h4-10,13,16-18H,3,11-12,14-15H2,1-2H3,(H,27,28,30)/t17-/m0/s1. The van der Waals surface area contributed by atoms with Crippen molar-refractivity contribution in [3.8, 4) is 22.9 Å². The molecule has 33 heavy (non-hydrogen) atoms. The number of H-pyrrole nitrogens is 1. The van der Waals surface area contributed by atoms with Crippen LogP contribution in [0.15, 0.2) is 59.5 Å². The molecular weight excluding hydrogens is 420 g/mol. The summed E-state index contributed by atoms with van der Waals surface area (Å²) in [5.41, 5.74) is 1.03. The minimum Gasteiger partial charge on any atom is -0.494 e. The summed E-state index contributed by atoms with van der Waals surface area (Å²) in [6, 6.07) is 14.2. The number of carbonyl (C=O) groups is 1. The van der Waals surface area contributed by atoms with Gasteiger partial charge in [0.15, 0.2) is 6.10 Å². The smallest absolute Gasteiger partial charge is 0.263 e. The van der Waals surface area contributed by atoms with Crippen LogP contribution in [0.1, 0.15) is 38.4 Å². The molecule has 3 heterocycles. The van der Waals surface area contributed by atoms with Gasteiger partial charge in [0.2, 0.25) is 0 Å². The Morgan fingerprint density at radius 3 is 2.52 bits per heavy atom. The SMILES string of the molecule is CCOc1ccc(O[C@@H](C)C(=O)N2CCC(c3nc(-c4ccccn4)cc(=O)[nH]3)CC2)cc1. The van der Waals surface area contributed by atoms with Crippen LogP contribution >= 0.6 is 0 Å². The number of rotatable bonds is 7. The first-order valence-electron chi connectivity index (χ1n) is 11.2. The Hall–Kier alpha value is -3.68. The lowest BCUT2D eigenvalue weighted by molar-refractivity contribution is -0.139. The number of carbonyl (C=O) groups excluding carboxylic acids is 1. The molecule has 0 bridgehead atoms. The van der Waals surface area contributed by atoms with Crippen LogP contribution in [0, 0.1) is 0 Å². The summed E-state index contributed by atoms with van der Waals surface area (Å²) in [5.74, 6) is 2.07. The number of piperidine rings is 1. The monoisotopic (exact) mass is 448 g/mol. The lowest BCUT2D eigenvalue weighted by Gasteiger charge is -2.33. The van der Waals surface area contributed by atoms with E-state index in [1.165, 1.54) is 6.07 Å². The number of pyridine rings is 1. The van der Waals surface area contributed by atoms with Gasteiger partial charge in [-0.1, -0.05) is 6.07 Å². The third-order valence-electron chi connectivity index (χ3n) is 5.68. The number of hydrogen-bond donors (Lipinski definition) is 1. The number of aromatic amines is 1. The van der Waals surface area contributed by atoms with Crippen LogP contribution in [-0.2, 0) is 4.79 Å². The Balaban J connectivity index is 1.36. The predicted octanol–water partition coefficient (Wildman–Crippen LogP) is 3.40. The first-order valence-corrected chi connectivity index (χ1v) is 11.2. The molecule has 0 radical (unpaired) electrons. The van der Waals surface area contributed by atoms with Crippen LogP contribution in [0.3, 0.4) is 0 Å². The maximum atomic E-state index is 12.9. The molecule has 1 N–H and O–H groups in total. The molecule has 0 saturated carbocycles. The van der Waals surface area contributed by atoms with Crippen molar-refractivity contribution >= 4 is 5.91 Å². The molecule has 1 amide bonds. The van der Waals surface area contributed by atoms with Gasteiger partial charge in [-0.25, -0.2) is 4.98 Å². The van der Waals surface area contributed by atoms with Crippen molar-refractivity contribution < 1.29 is 14.3 Å². The molecule has 1 saturated heterocycles. The number of likely N-dealkylation sites (tertiary alicyclic amines) is 1. The summed E-state index contributed by atoms with van der Waals surface area (Å²) in [4.78, 5) is 38.7. The fourth-order valence-corrected chi connectivity index (χ4v) is 3.98. The molecule has 0 unspecified atom stereocenters. The van der Waals surface area contributed by atoms with Crippen molar-refractivity contribution in [2.24, 2.45) is 0 Å². The Labute approximate surface area is 192 Å². The van der Waals surface area contributed by atoms with E-state index in [1.54, 1.807) is 25.3 Å². The molecule has 1 atom stereocenters. The van der Waals surface area contributed by atoms with E-state index >= 15 is 0 Å². The zero-order valence-corrected chi connectivity index (χ0v) is 18.9. The zero-order chi connectivity index (χ0) is 23.2. The number of nitrogens with zero attached hydrogens (tertiary/aromatic N) is 3. The van der Waals surface area contributed by atoms with Gasteiger partial charge in [-0.3, -0.25) is 14.6 Å². The highest BCUT2D eigenvalue weighted by molar-refractivity contribution is 5.81. The van der Waals surface area contributed by atoms with Gasteiger partial charge in [0.25, 0.3) is 11.5 Å². The van der Waals surface area contributed by atoms with Crippen LogP contribution in [0.5, 0.6) is 11.5 Å². The largest absolute Gasteiger partial charge is 0.494 e. The normalized spacial score (nSPS) is 15.2. The second-order valence-electron chi connectivity index (χ2n) is 7.99. The molecule has 3 aromatic rings. The minimum absolute atomic E-state index is 0.0500. The van der Waals surface area contributed by atoms with Gasteiger partial charge < -0.3 is 19.4 Å². The highest BCUT2D eigenvalue weighted by Gasteiger charge is 2.29. The lowest BCUT2D eigenvalue weighted by atomic mass is 9.95. The summed E-state index contributed by atoms with van der Waals surface area (Å²) in [7, 11) is 0. The third kappa shape index (κ3) is 5.58. The molecule has 0 aliphatic carbocycles. The van der Waals surface area contributed by atoms with Gasteiger partial charge in [0.05, 0.1) is 18.0 Å². The van der Waals surface area contributed by atoms with E-state index in [-0.39, 0.29) is 17.4 Å². The van der Waals surface area contributed by atoms with E-state index in [0.717, 1.165) is 18.6 Å². The van der Waals surface area contributed by atoms with Gasteiger partial charge in [0, 0.05) is 31.3 Å². The summed E-state index contributed by atoms with van der Waals surface area (Å²) in [5, 5.41) is 0. The summed E-state index contributed by atoms with van der Waals surface area (Å²) in [6.07, 6.45) is 2.52. The maximum absolute atomic E-state index is 12.9. The molecule has 1 fully saturated rings. The van der Waals surface area contributed by atoms with Crippen molar-refractivity contribution in [1.29, 1.82) is 0 Å². The minimum atomic E-state index is -0.593. The Bertz CT molecular complexity index is 1120. The first-order chi connectivity index (χ1) is 16.0. The van der Waals surface area contributed by atoms with E-state index in [9.17, 15) is 9.59 Å². The molecule has 1 aliphatic heterocycles. The van der Waals surface area contributed by atoms with Crippen LogP contribution in [0.4, 0.5) is 0 Å². The third-order valence-corrected chi connectivity index (χ3v) is 5.68. The molecule has 1 aromatic carbocycles. The van der Waals surface area contributed by atoms with Crippen molar-refractivity contribution in [3.05, 3.63) is 70.9 Å². The number of aromatic nitrogens is 3. The van der Waals surface area contributed by atoms with E-state index < -0.39 is 6.10 Å². The molecule has 8 heteroatoms. The van der Waals surface area contributed by atoms with Crippen LogP contribution in [0.25, 0.3) is 11.4 Å². The van der Waals surface area contributed by atoms with Crippen LogP contribution < -0.4 is 15.0 Å². The lowest BCUT2D eigenvalue weighted by Crippen LogP contribution is -2.44. The molecule has 0 spiro atoms. The molecular formula is C25H28N4O4. The van der Waals surface area contributed by atoms with Gasteiger partial charge in [0.1, 0.15) is 17.3 Å². The average Bonchev–Trinajstić information content (AvgIpc) is 2.85. The fourth-order valence-electron chi connectivity index (χ4n) is 3.98. The molecule has 2 aromatic heterocycles. The van der Waals surface area contributed by atoms with Gasteiger partial charge >= 0.3 is 0 Å². The number of benzene rings is 1. The summed E-state index contributed by atoms with van der Waals surface area (Å²) >= 11 is 0. The van der Waals surface area contributed by atoms with Crippen LogP contribution in [0.2, 0.25) is 0 Å². The summed E-state index contributed by atoms with van der Waals surface area (Å²) < 4.78 is 11.3. The number of nitrogens with one attached hydrogen (secondary N) is 1. The Kier molecular flexibility index (Phi) is 7.02. The van der Waals surface area contributed by atoms with E-state index in [4.69, 9.17) is 9.47 Å². The van der Waals surface area contributed by atoms with Crippen molar-refractivity contribution in [2.45, 2.75) is 38.7 Å².